The summed E-state index contributed by atoms with van der Waals surface area (Å²) in [5.41, 5.74) is 1.17. The highest BCUT2D eigenvalue weighted by molar-refractivity contribution is 7.16. The molecule has 15 heavy (non-hydrogen) atoms. The van der Waals surface area contributed by atoms with Gasteiger partial charge in [0.05, 0.1) is 0 Å². The minimum absolute atomic E-state index is 0.278. The van der Waals surface area contributed by atoms with Crippen LogP contribution in [-0.4, -0.2) is 17.4 Å². The maximum atomic E-state index is 10.9. The van der Waals surface area contributed by atoms with Gasteiger partial charge in [0, 0.05) is 16.0 Å². The zero-order chi connectivity index (χ0) is 10.8. The fourth-order valence-corrected chi connectivity index (χ4v) is 2.99. The van der Waals surface area contributed by atoms with Gasteiger partial charge in [-0.1, -0.05) is 0 Å². The average molecular weight is 238 g/mol. The van der Waals surface area contributed by atoms with Gasteiger partial charge in [-0.05, 0) is 22.9 Å². The second-order valence-corrected chi connectivity index (χ2v) is 4.62. The molecule has 1 N–H and O–H groups in total. The van der Waals surface area contributed by atoms with Crippen LogP contribution in [0.5, 0.6) is 0 Å². The molecule has 0 bridgehead atoms. The smallest absolute Gasteiger partial charge is 0.346 e. The number of thiophene rings is 2. The van der Waals surface area contributed by atoms with Crippen molar-refractivity contribution >= 4 is 34.9 Å². The van der Waals surface area contributed by atoms with Gasteiger partial charge < -0.3 is 5.11 Å². The van der Waals surface area contributed by atoms with Gasteiger partial charge in [-0.3, -0.25) is 4.79 Å². The molecule has 0 aliphatic rings. The number of aldehydes is 1. The number of hydrogen-bond acceptors (Lipinski definition) is 4. The minimum atomic E-state index is -0.953. The molecular formula is C10H6O3S2. The van der Waals surface area contributed by atoms with E-state index in [1.807, 2.05) is 0 Å². The number of rotatable bonds is 3. The van der Waals surface area contributed by atoms with Crippen molar-refractivity contribution in [3.05, 3.63) is 33.3 Å². The Hall–Kier alpha value is -1.46. The molecule has 0 fully saturated rings. The predicted molar refractivity (Wildman–Crippen MR) is 60.0 cm³/mol. The highest BCUT2D eigenvalue weighted by Crippen LogP contribution is 2.34. The topological polar surface area (TPSA) is 54.4 Å². The van der Waals surface area contributed by atoms with Crippen LogP contribution in [0.25, 0.3) is 10.4 Å². The highest BCUT2D eigenvalue weighted by Gasteiger charge is 2.16. The fraction of sp³-hybridized carbons (Fsp3) is 0. The molecule has 2 aromatic rings. The van der Waals surface area contributed by atoms with Crippen LogP contribution in [0.3, 0.4) is 0 Å². The van der Waals surface area contributed by atoms with E-state index in [1.54, 1.807) is 22.9 Å². The number of carbonyl (C=O) groups excluding carboxylic acids is 1. The van der Waals surface area contributed by atoms with Gasteiger partial charge in [0.15, 0.2) is 6.29 Å². The minimum Gasteiger partial charge on any atom is -0.477 e. The van der Waals surface area contributed by atoms with Crippen LogP contribution in [-0.2, 0) is 0 Å². The van der Waals surface area contributed by atoms with E-state index in [1.165, 1.54) is 22.7 Å². The SMILES string of the molecule is O=Cc1ccsc1-c1ccsc1C(=O)O. The van der Waals surface area contributed by atoms with Gasteiger partial charge >= 0.3 is 5.97 Å². The fourth-order valence-electron chi connectivity index (χ4n) is 1.28. The molecule has 0 saturated carbocycles. The lowest BCUT2D eigenvalue weighted by molar-refractivity contribution is 0.0702. The van der Waals surface area contributed by atoms with Crippen molar-refractivity contribution < 1.29 is 14.7 Å². The zero-order valence-corrected chi connectivity index (χ0v) is 9.10. The van der Waals surface area contributed by atoms with Crippen LogP contribution in [0.1, 0.15) is 20.0 Å². The first kappa shape index (κ1) is 10.1. The Morgan fingerprint density at radius 3 is 2.67 bits per heavy atom. The molecule has 0 spiro atoms. The van der Waals surface area contributed by atoms with E-state index < -0.39 is 5.97 Å². The number of carboxylic acids is 1. The maximum Gasteiger partial charge on any atom is 0.346 e. The normalized spacial score (nSPS) is 10.1. The standard InChI is InChI=1S/C10H6O3S2/c11-5-6-1-3-14-8(6)7-2-4-15-9(7)10(12)13/h1-5H,(H,12,13). The zero-order valence-electron chi connectivity index (χ0n) is 7.47. The summed E-state index contributed by atoms with van der Waals surface area (Å²) in [4.78, 5) is 22.6. The predicted octanol–water partition coefficient (Wildman–Crippen LogP) is 2.99. The number of carboxylic acid groups (broad SMARTS) is 1. The molecule has 0 unspecified atom stereocenters. The Morgan fingerprint density at radius 2 is 2.00 bits per heavy atom. The van der Waals surface area contributed by atoms with Crippen molar-refractivity contribution in [3.8, 4) is 10.4 Å². The third-order valence-corrected chi connectivity index (χ3v) is 3.79. The number of hydrogen-bond donors (Lipinski definition) is 1. The molecule has 3 nitrogen and oxygen atoms in total. The van der Waals surface area contributed by atoms with Gasteiger partial charge in [0.2, 0.25) is 0 Å². The van der Waals surface area contributed by atoms with E-state index in [2.05, 4.69) is 0 Å². The molecule has 0 amide bonds. The van der Waals surface area contributed by atoms with Gasteiger partial charge in [-0.15, -0.1) is 22.7 Å². The lowest BCUT2D eigenvalue weighted by atomic mass is 10.1. The van der Waals surface area contributed by atoms with Gasteiger partial charge in [0.25, 0.3) is 0 Å². The Bertz CT molecular complexity index is 510. The van der Waals surface area contributed by atoms with Crippen molar-refractivity contribution in [2.24, 2.45) is 0 Å². The van der Waals surface area contributed by atoms with Crippen molar-refractivity contribution in [3.63, 3.8) is 0 Å². The van der Waals surface area contributed by atoms with Gasteiger partial charge in [-0.2, -0.15) is 0 Å². The number of carbonyl (C=O) groups is 2. The molecule has 5 heteroatoms. The molecule has 0 saturated heterocycles. The second kappa shape index (κ2) is 3.96. The molecule has 0 aliphatic carbocycles. The van der Waals surface area contributed by atoms with Crippen LogP contribution >= 0.6 is 22.7 Å². The van der Waals surface area contributed by atoms with E-state index in [-0.39, 0.29) is 4.88 Å². The summed E-state index contributed by atoms with van der Waals surface area (Å²) >= 11 is 2.54. The first-order valence-electron chi connectivity index (χ1n) is 4.08. The second-order valence-electron chi connectivity index (χ2n) is 2.79. The van der Waals surface area contributed by atoms with Crippen LogP contribution in [0.4, 0.5) is 0 Å². The van der Waals surface area contributed by atoms with E-state index in [0.29, 0.717) is 11.1 Å². The Kier molecular flexibility index (Phi) is 2.66. The van der Waals surface area contributed by atoms with E-state index in [9.17, 15) is 9.59 Å². The summed E-state index contributed by atoms with van der Waals surface area (Å²) in [5, 5.41) is 12.4. The molecule has 2 heterocycles. The molecule has 76 valence electrons. The molecule has 0 aromatic carbocycles. The van der Waals surface area contributed by atoms with Crippen molar-refractivity contribution in [1.29, 1.82) is 0 Å². The first-order chi connectivity index (χ1) is 7.24. The quantitative estimate of drug-likeness (QED) is 0.836. The summed E-state index contributed by atoms with van der Waals surface area (Å²) in [6.45, 7) is 0. The van der Waals surface area contributed by atoms with Crippen LogP contribution in [0.2, 0.25) is 0 Å². The Balaban J connectivity index is 2.58. The van der Waals surface area contributed by atoms with Gasteiger partial charge in [-0.25, -0.2) is 4.79 Å². The van der Waals surface area contributed by atoms with Crippen molar-refractivity contribution in [2.75, 3.05) is 0 Å². The molecule has 0 aliphatic heterocycles. The van der Waals surface area contributed by atoms with Crippen LogP contribution in [0, 0.1) is 0 Å². The van der Waals surface area contributed by atoms with E-state index in [4.69, 9.17) is 5.11 Å². The molecule has 2 aromatic heterocycles. The first-order valence-corrected chi connectivity index (χ1v) is 5.84. The summed E-state index contributed by atoms with van der Waals surface area (Å²) in [6, 6.07) is 3.42. The highest BCUT2D eigenvalue weighted by atomic mass is 32.1. The summed E-state index contributed by atoms with van der Waals surface area (Å²) < 4.78 is 0. The average Bonchev–Trinajstić information content (AvgIpc) is 2.85. The summed E-state index contributed by atoms with van der Waals surface area (Å²) in [5.74, 6) is -0.953. The number of aromatic carboxylic acids is 1. The van der Waals surface area contributed by atoms with Crippen LogP contribution in [0.15, 0.2) is 22.9 Å². The summed E-state index contributed by atoms with van der Waals surface area (Å²) in [7, 11) is 0. The monoisotopic (exact) mass is 238 g/mol. The van der Waals surface area contributed by atoms with Gasteiger partial charge in [0.1, 0.15) is 4.88 Å². The van der Waals surface area contributed by atoms with E-state index in [0.717, 1.165) is 11.2 Å². The molecular weight excluding hydrogens is 232 g/mol. The third-order valence-electron chi connectivity index (χ3n) is 1.93. The maximum absolute atomic E-state index is 10.9. The van der Waals surface area contributed by atoms with E-state index >= 15 is 0 Å². The lowest BCUT2D eigenvalue weighted by Gasteiger charge is -1.97. The lowest BCUT2D eigenvalue weighted by Crippen LogP contribution is -1.94. The van der Waals surface area contributed by atoms with Crippen molar-refractivity contribution in [1.82, 2.24) is 0 Å². The third kappa shape index (κ3) is 1.71. The molecule has 0 atom stereocenters. The Morgan fingerprint density at radius 1 is 1.27 bits per heavy atom. The largest absolute Gasteiger partial charge is 0.477 e. The Labute approximate surface area is 93.6 Å². The van der Waals surface area contributed by atoms with Crippen LogP contribution < -0.4 is 0 Å². The molecule has 0 radical (unpaired) electrons. The summed E-state index contributed by atoms with van der Waals surface area (Å²) in [6.07, 6.45) is 0.745. The van der Waals surface area contributed by atoms with Crippen molar-refractivity contribution in [2.45, 2.75) is 0 Å². The molecule has 2 rings (SSSR count).